The topological polar surface area (TPSA) is 57.3 Å². The molecular weight excluding hydrogens is 413 g/mol. The highest BCUT2D eigenvalue weighted by Crippen LogP contribution is 2.30. The molecule has 1 saturated heterocycles. The van der Waals surface area contributed by atoms with Gasteiger partial charge in [-0.1, -0.05) is 12.1 Å². The van der Waals surface area contributed by atoms with Crippen LogP contribution in [0, 0.1) is 0 Å². The van der Waals surface area contributed by atoms with Crippen molar-refractivity contribution in [3.05, 3.63) is 52.6 Å². The number of hydrogen-bond acceptors (Lipinski definition) is 3. The molecule has 3 rings (SSSR count). The molecule has 1 aliphatic heterocycles. The summed E-state index contributed by atoms with van der Waals surface area (Å²) < 4.78 is 38.6. The van der Waals surface area contributed by atoms with Crippen molar-refractivity contribution < 1.29 is 18.0 Å². The Bertz CT molecular complexity index is 782. The van der Waals surface area contributed by atoms with E-state index in [1.54, 1.807) is 6.07 Å². The summed E-state index contributed by atoms with van der Waals surface area (Å²) in [4.78, 5) is 17.9. The second kappa shape index (κ2) is 7.53. The lowest BCUT2D eigenvalue weighted by Crippen LogP contribution is -2.39. The van der Waals surface area contributed by atoms with Gasteiger partial charge in [-0.05, 0) is 46.6 Å². The molecule has 2 aromatic rings. The first-order valence-corrected chi connectivity index (χ1v) is 8.72. The number of aromatic nitrogens is 1. The van der Waals surface area contributed by atoms with E-state index in [0.29, 0.717) is 31.0 Å². The molecule has 5 nitrogen and oxygen atoms in total. The van der Waals surface area contributed by atoms with Crippen LogP contribution in [0.4, 0.5) is 29.5 Å². The number of nitrogens with zero attached hydrogens (tertiary/aromatic N) is 2. The van der Waals surface area contributed by atoms with E-state index in [-0.39, 0.29) is 12.1 Å². The minimum absolute atomic E-state index is 0.110. The number of urea groups is 1. The van der Waals surface area contributed by atoms with Gasteiger partial charge in [-0.15, -0.1) is 0 Å². The van der Waals surface area contributed by atoms with Crippen LogP contribution >= 0.6 is 15.9 Å². The first kappa shape index (κ1) is 18.5. The van der Waals surface area contributed by atoms with E-state index < -0.39 is 11.7 Å². The van der Waals surface area contributed by atoms with Gasteiger partial charge in [0.25, 0.3) is 0 Å². The molecule has 2 N–H and O–H groups in total. The maximum absolute atomic E-state index is 12.6. The molecule has 0 saturated carbocycles. The normalized spacial score (nSPS) is 17.2. The number of rotatable bonds is 3. The van der Waals surface area contributed by atoms with Gasteiger partial charge >= 0.3 is 12.2 Å². The molecule has 2 amide bonds. The summed E-state index contributed by atoms with van der Waals surface area (Å²) in [6.45, 7) is 1.10. The van der Waals surface area contributed by atoms with Crippen LogP contribution in [0.3, 0.4) is 0 Å². The van der Waals surface area contributed by atoms with Crippen LogP contribution < -0.4 is 15.5 Å². The molecule has 2 heterocycles. The second-order valence-corrected chi connectivity index (χ2v) is 6.77. The van der Waals surface area contributed by atoms with Crippen LogP contribution in [0.1, 0.15) is 12.0 Å². The van der Waals surface area contributed by atoms with Gasteiger partial charge in [0, 0.05) is 29.8 Å². The average Bonchev–Trinajstić information content (AvgIpc) is 3.05. The largest absolute Gasteiger partial charge is 0.417 e. The number of hydrogen-bond donors (Lipinski definition) is 2. The van der Waals surface area contributed by atoms with Crippen LogP contribution in [0.15, 0.2) is 47.1 Å². The number of carbonyl (C=O) groups is 1. The summed E-state index contributed by atoms with van der Waals surface area (Å²) >= 11 is 3.36. The maximum Gasteiger partial charge on any atom is 0.417 e. The maximum atomic E-state index is 12.6. The molecule has 1 aromatic carbocycles. The van der Waals surface area contributed by atoms with E-state index >= 15 is 0 Å². The van der Waals surface area contributed by atoms with Crippen LogP contribution in [0.5, 0.6) is 0 Å². The summed E-state index contributed by atoms with van der Waals surface area (Å²) in [6.07, 6.45) is -2.88. The highest BCUT2D eigenvalue weighted by atomic mass is 79.9. The number of carbonyl (C=O) groups excluding carboxylic acids is 1. The lowest BCUT2D eigenvalue weighted by atomic mass is 10.2. The van der Waals surface area contributed by atoms with Gasteiger partial charge in [-0.25, -0.2) is 9.78 Å². The van der Waals surface area contributed by atoms with Crippen molar-refractivity contribution in [3.8, 4) is 0 Å². The SMILES string of the molecule is O=C(Nc1ccccc1Br)N[C@H]1CCN(c2ccc(C(F)(F)F)cn2)C1. The van der Waals surface area contributed by atoms with Gasteiger partial charge < -0.3 is 15.5 Å². The van der Waals surface area contributed by atoms with Crippen LogP contribution in [-0.2, 0) is 6.18 Å². The molecule has 0 radical (unpaired) electrons. The highest BCUT2D eigenvalue weighted by Gasteiger charge is 2.31. The minimum atomic E-state index is -4.40. The third-order valence-electron chi connectivity index (χ3n) is 4.04. The van der Waals surface area contributed by atoms with Gasteiger partial charge in [-0.3, -0.25) is 0 Å². The Morgan fingerprint density at radius 3 is 2.65 bits per heavy atom. The Kier molecular flexibility index (Phi) is 5.36. The fourth-order valence-corrected chi connectivity index (χ4v) is 3.12. The average molecular weight is 429 g/mol. The molecule has 0 bridgehead atoms. The lowest BCUT2D eigenvalue weighted by molar-refractivity contribution is -0.137. The Balaban J connectivity index is 1.55. The van der Waals surface area contributed by atoms with Crippen molar-refractivity contribution in [1.82, 2.24) is 10.3 Å². The van der Waals surface area contributed by atoms with E-state index in [1.165, 1.54) is 6.07 Å². The molecule has 1 aromatic heterocycles. The van der Waals surface area contributed by atoms with Crippen molar-refractivity contribution in [2.75, 3.05) is 23.3 Å². The Labute approximate surface area is 156 Å². The number of benzene rings is 1. The molecule has 138 valence electrons. The van der Waals surface area contributed by atoms with Crippen LogP contribution in [-0.4, -0.2) is 30.1 Å². The number of para-hydroxylation sites is 1. The number of nitrogens with one attached hydrogen (secondary N) is 2. The first-order chi connectivity index (χ1) is 12.3. The lowest BCUT2D eigenvalue weighted by Gasteiger charge is -2.19. The standard InChI is InChI=1S/C17H16BrF3N4O/c18-13-3-1-2-4-14(13)24-16(26)23-12-7-8-25(10-12)15-6-5-11(9-22-15)17(19,20)21/h1-6,9,12H,7-8,10H2,(H2,23,24,26)/t12-/m0/s1. The van der Waals surface area contributed by atoms with Crippen LogP contribution in [0.2, 0.25) is 0 Å². The molecule has 26 heavy (non-hydrogen) atoms. The predicted molar refractivity (Wildman–Crippen MR) is 96.2 cm³/mol. The summed E-state index contributed by atoms with van der Waals surface area (Å²) in [7, 11) is 0. The van der Waals surface area contributed by atoms with Crippen molar-refractivity contribution >= 4 is 33.5 Å². The quantitative estimate of drug-likeness (QED) is 0.767. The Morgan fingerprint density at radius 1 is 1.23 bits per heavy atom. The number of amides is 2. The predicted octanol–water partition coefficient (Wildman–Crippen LogP) is 4.26. The number of halogens is 4. The van der Waals surface area contributed by atoms with Crippen molar-refractivity contribution in [2.45, 2.75) is 18.6 Å². The summed E-state index contributed by atoms with van der Waals surface area (Å²) in [5.41, 5.74) is -0.118. The second-order valence-electron chi connectivity index (χ2n) is 5.91. The highest BCUT2D eigenvalue weighted by molar-refractivity contribution is 9.10. The molecule has 0 aliphatic carbocycles. The zero-order valence-electron chi connectivity index (χ0n) is 13.6. The van der Waals surface area contributed by atoms with Gasteiger partial charge in [0.15, 0.2) is 0 Å². The zero-order chi connectivity index (χ0) is 18.7. The fraction of sp³-hybridized carbons (Fsp3) is 0.294. The van der Waals surface area contributed by atoms with Gasteiger partial charge in [0.2, 0.25) is 0 Å². The number of pyridine rings is 1. The van der Waals surface area contributed by atoms with Crippen LogP contribution in [0.25, 0.3) is 0 Å². The monoisotopic (exact) mass is 428 g/mol. The van der Waals surface area contributed by atoms with Crippen molar-refractivity contribution in [2.24, 2.45) is 0 Å². The number of anilines is 2. The molecule has 1 atom stereocenters. The molecule has 9 heteroatoms. The molecule has 0 unspecified atom stereocenters. The van der Waals surface area contributed by atoms with E-state index in [4.69, 9.17) is 0 Å². The summed E-state index contributed by atoms with van der Waals surface area (Å²) in [5.74, 6) is 0.466. The molecular formula is C17H16BrF3N4O. The Hall–Kier alpha value is -2.29. The molecule has 1 fully saturated rings. The smallest absolute Gasteiger partial charge is 0.354 e. The van der Waals surface area contributed by atoms with Crippen molar-refractivity contribution in [1.29, 1.82) is 0 Å². The molecule has 1 aliphatic rings. The zero-order valence-corrected chi connectivity index (χ0v) is 15.1. The van der Waals surface area contributed by atoms with E-state index in [1.807, 2.05) is 23.1 Å². The third-order valence-corrected chi connectivity index (χ3v) is 4.74. The molecule has 0 spiro atoms. The van der Waals surface area contributed by atoms with Gasteiger partial charge in [0.1, 0.15) is 5.82 Å². The fourth-order valence-electron chi connectivity index (χ4n) is 2.73. The third kappa shape index (κ3) is 4.46. The Morgan fingerprint density at radius 2 is 2.00 bits per heavy atom. The minimum Gasteiger partial charge on any atom is -0.354 e. The number of alkyl halides is 3. The van der Waals surface area contributed by atoms with Crippen molar-refractivity contribution in [3.63, 3.8) is 0 Å². The summed E-state index contributed by atoms with van der Waals surface area (Å²) in [6, 6.07) is 9.19. The summed E-state index contributed by atoms with van der Waals surface area (Å²) in [5, 5.41) is 5.63. The van der Waals surface area contributed by atoms with E-state index in [9.17, 15) is 18.0 Å². The van der Waals surface area contributed by atoms with Gasteiger partial charge in [-0.2, -0.15) is 13.2 Å². The van der Waals surface area contributed by atoms with E-state index in [2.05, 4.69) is 31.5 Å². The first-order valence-electron chi connectivity index (χ1n) is 7.93. The van der Waals surface area contributed by atoms with E-state index in [0.717, 1.165) is 16.7 Å². The van der Waals surface area contributed by atoms with Gasteiger partial charge in [0.05, 0.1) is 11.3 Å².